The minimum atomic E-state index is 0.501. The van der Waals surface area contributed by atoms with E-state index in [-0.39, 0.29) is 0 Å². The third-order valence-corrected chi connectivity index (χ3v) is 3.37. The van der Waals surface area contributed by atoms with E-state index >= 15 is 0 Å². The maximum absolute atomic E-state index is 5.02. The van der Waals surface area contributed by atoms with Gasteiger partial charge >= 0.3 is 0 Å². The van der Waals surface area contributed by atoms with Gasteiger partial charge in [0.25, 0.3) is 0 Å². The van der Waals surface area contributed by atoms with Crippen LogP contribution in [0.4, 0.5) is 17.5 Å². The highest BCUT2D eigenvalue weighted by Crippen LogP contribution is 2.23. The van der Waals surface area contributed by atoms with Crippen molar-refractivity contribution in [3.8, 4) is 0 Å². The molecule has 2 aromatic rings. The normalized spacial score (nSPS) is 10.5. The lowest BCUT2D eigenvalue weighted by Crippen LogP contribution is -2.09. The number of para-hydroxylation sites is 1. The Morgan fingerprint density at radius 1 is 1.27 bits per heavy atom. The molecule has 22 heavy (non-hydrogen) atoms. The molecule has 0 unspecified atom stereocenters. The second-order valence-electron chi connectivity index (χ2n) is 5.03. The van der Waals surface area contributed by atoms with Crippen LogP contribution >= 0.6 is 0 Å². The molecule has 0 bridgehead atoms. The summed E-state index contributed by atoms with van der Waals surface area (Å²) in [4.78, 5) is 4.45. The molecule has 0 aliphatic heterocycles. The number of nitrogens with zero attached hydrogens (tertiary/aromatic N) is 3. The van der Waals surface area contributed by atoms with E-state index in [0.29, 0.717) is 11.8 Å². The van der Waals surface area contributed by atoms with Gasteiger partial charge in [-0.2, -0.15) is 10.1 Å². The summed E-state index contributed by atoms with van der Waals surface area (Å²) in [6.45, 7) is 5.71. The lowest BCUT2D eigenvalue weighted by Gasteiger charge is -2.13. The first-order chi connectivity index (χ1) is 10.7. The van der Waals surface area contributed by atoms with Gasteiger partial charge in [0.2, 0.25) is 5.95 Å². The molecule has 0 amide bonds. The topological polar surface area (TPSA) is 72.0 Å². The van der Waals surface area contributed by atoms with Crippen molar-refractivity contribution in [2.45, 2.75) is 26.7 Å². The van der Waals surface area contributed by atoms with Crippen molar-refractivity contribution in [2.24, 2.45) is 0 Å². The van der Waals surface area contributed by atoms with Gasteiger partial charge in [0.15, 0.2) is 5.82 Å². The quantitative estimate of drug-likeness (QED) is 0.730. The molecule has 2 N–H and O–H groups in total. The molecule has 1 heterocycles. The van der Waals surface area contributed by atoms with E-state index in [2.05, 4.69) is 57.9 Å². The van der Waals surface area contributed by atoms with Crippen LogP contribution in [0.3, 0.4) is 0 Å². The van der Waals surface area contributed by atoms with Gasteiger partial charge in [0, 0.05) is 25.9 Å². The number of anilines is 3. The standard InChI is InChI=1S/C16H23N5O/c1-4-13-8-5-7-12(2)15(13)20-16-19-14(11-18-21-16)17-9-6-10-22-3/h5,7-8,11H,4,6,9-10H2,1-3H3,(H2,17,19,20,21). The van der Waals surface area contributed by atoms with Gasteiger partial charge in [-0.05, 0) is 30.9 Å². The molecule has 0 aliphatic rings. The van der Waals surface area contributed by atoms with Gasteiger partial charge in [-0.1, -0.05) is 25.1 Å². The molecule has 6 nitrogen and oxygen atoms in total. The molecular formula is C16H23N5O. The third-order valence-electron chi connectivity index (χ3n) is 3.37. The smallest absolute Gasteiger partial charge is 0.249 e. The molecule has 0 saturated carbocycles. The predicted molar refractivity (Wildman–Crippen MR) is 88.6 cm³/mol. The Morgan fingerprint density at radius 3 is 2.91 bits per heavy atom. The van der Waals surface area contributed by atoms with E-state index < -0.39 is 0 Å². The summed E-state index contributed by atoms with van der Waals surface area (Å²) in [5.74, 6) is 1.21. The summed E-state index contributed by atoms with van der Waals surface area (Å²) in [6.07, 6.45) is 3.49. The highest BCUT2D eigenvalue weighted by atomic mass is 16.5. The number of aryl methyl sites for hydroxylation is 2. The van der Waals surface area contributed by atoms with Gasteiger partial charge in [-0.15, -0.1) is 5.10 Å². The molecule has 2 rings (SSSR count). The van der Waals surface area contributed by atoms with Crippen LogP contribution in [0.15, 0.2) is 24.4 Å². The number of nitrogens with one attached hydrogen (secondary N) is 2. The maximum atomic E-state index is 5.02. The number of aromatic nitrogens is 3. The van der Waals surface area contributed by atoms with Crippen molar-refractivity contribution in [2.75, 3.05) is 30.9 Å². The monoisotopic (exact) mass is 301 g/mol. The molecule has 1 aromatic carbocycles. The lowest BCUT2D eigenvalue weighted by atomic mass is 10.1. The highest BCUT2D eigenvalue weighted by molar-refractivity contribution is 5.63. The summed E-state index contributed by atoms with van der Waals surface area (Å²) in [5.41, 5.74) is 3.46. The number of methoxy groups -OCH3 is 1. The zero-order chi connectivity index (χ0) is 15.8. The van der Waals surface area contributed by atoms with E-state index in [1.54, 1.807) is 13.3 Å². The average Bonchev–Trinajstić information content (AvgIpc) is 2.54. The van der Waals surface area contributed by atoms with Gasteiger partial charge in [-0.3, -0.25) is 0 Å². The fourth-order valence-electron chi connectivity index (χ4n) is 2.19. The number of hydrogen-bond donors (Lipinski definition) is 2. The molecule has 0 spiro atoms. The van der Waals surface area contributed by atoms with E-state index in [1.807, 2.05) is 0 Å². The Labute approximate surface area is 131 Å². The van der Waals surface area contributed by atoms with Crippen LogP contribution in [0.2, 0.25) is 0 Å². The molecule has 0 radical (unpaired) electrons. The molecule has 0 saturated heterocycles. The first kappa shape index (κ1) is 16.2. The lowest BCUT2D eigenvalue weighted by molar-refractivity contribution is 0.197. The Balaban J connectivity index is 2.07. The first-order valence-electron chi connectivity index (χ1n) is 7.52. The molecule has 1 aromatic heterocycles. The first-order valence-corrected chi connectivity index (χ1v) is 7.52. The van der Waals surface area contributed by atoms with Crippen LogP contribution in [-0.2, 0) is 11.2 Å². The van der Waals surface area contributed by atoms with E-state index in [9.17, 15) is 0 Å². The number of benzene rings is 1. The van der Waals surface area contributed by atoms with E-state index in [0.717, 1.165) is 31.7 Å². The Bertz CT molecular complexity index is 603. The van der Waals surface area contributed by atoms with Gasteiger partial charge in [0.05, 0.1) is 6.20 Å². The van der Waals surface area contributed by atoms with Gasteiger partial charge in [-0.25, -0.2) is 0 Å². The van der Waals surface area contributed by atoms with Crippen molar-refractivity contribution < 1.29 is 4.74 Å². The van der Waals surface area contributed by atoms with Crippen molar-refractivity contribution in [1.29, 1.82) is 0 Å². The predicted octanol–water partition coefficient (Wildman–Crippen LogP) is 2.93. The van der Waals surface area contributed by atoms with Crippen LogP contribution in [0.1, 0.15) is 24.5 Å². The van der Waals surface area contributed by atoms with Crippen LogP contribution in [0.25, 0.3) is 0 Å². The molecule has 0 atom stereocenters. The van der Waals surface area contributed by atoms with Crippen molar-refractivity contribution in [3.63, 3.8) is 0 Å². The second-order valence-corrected chi connectivity index (χ2v) is 5.03. The highest BCUT2D eigenvalue weighted by Gasteiger charge is 2.07. The second kappa shape index (κ2) is 8.29. The molecule has 0 fully saturated rings. The largest absolute Gasteiger partial charge is 0.385 e. The zero-order valence-electron chi connectivity index (χ0n) is 13.4. The maximum Gasteiger partial charge on any atom is 0.249 e. The van der Waals surface area contributed by atoms with E-state index in [4.69, 9.17) is 4.74 Å². The number of ether oxygens (including phenoxy) is 1. The Kier molecular flexibility index (Phi) is 6.09. The van der Waals surface area contributed by atoms with Crippen molar-refractivity contribution in [3.05, 3.63) is 35.5 Å². The van der Waals surface area contributed by atoms with Crippen LogP contribution in [0.5, 0.6) is 0 Å². The zero-order valence-corrected chi connectivity index (χ0v) is 13.4. The average molecular weight is 301 g/mol. The summed E-state index contributed by atoms with van der Waals surface area (Å²) >= 11 is 0. The molecular weight excluding hydrogens is 278 g/mol. The van der Waals surface area contributed by atoms with Crippen LogP contribution < -0.4 is 10.6 Å². The fraction of sp³-hybridized carbons (Fsp3) is 0.438. The van der Waals surface area contributed by atoms with E-state index in [1.165, 1.54) is 11.1 Å². The molecule has 0 aliphatic carbocycles. The number of rotatable bonds is 8. The fourth-order valence-corrected chi connectivity index (χ4v) is 2.19. The summed E-state index contributed by atoms with van der Waals surface area (Å²) in [7, 11) is 1.70. The van der Waals surface area contributed by atoms with Gasteiger partial charge in [0.1, 0.15) is 0 Å². The van der Waals surface area contributed by atoms with Crippen molar-refractivity contribution >= 4 is 17.5 Å². The van der Waals surface area contributed by atoms with Crippen molar-refractivity contribution in [1.82, 2.24) is 15.2 Å². The Morgan fingerprint density at radius 2 is 2.14 bits per heavy atom. The summed E-state index contributed by atoms with van der Waals surface area (Å²) in [6, 6.07) is 6.24. The third kappa shape index (κ3) is 4.39. The van der Waals surface area contributed by atoms with Crippen LogP contribution in [0, 0.1) is 6.92 Å². The minimum absolute atomic E-state index is 0.501. The summed E-state index contributed by atoms with van der Waals surface area (Å²) in [5, 5.41) is 14.6. The van der Waals surface area contributed by atoms with Gasteiger partial charge < -0.3 is 15.4 Å². The Hall–Kier alpha value is -2.21. The molecule has 6 heteroatoms. The molecule has 118 valence electrons. The minimum Gasteiger partial charge on any atom is -0.385 e. The summed E-state index contributed by atoms with van der Waals surface area (Å²) < 4.78 is 5.02. The van der Waals surface area contributed by atoms with Crippen LogP contribution in [-0.4, -0.2) is 35.4 Å². The SMILES string of the molecule is CCc1cccc(C)c1Nc1nncc(NCCCOC)n1. The number of hydrogen-bond acceptors (Lipinski definition) is 6.